The SMILES string of the molecule is Clc1ccc2cn[se]c2c1. The van der Waals surface area contributed by atoms with Gasteiger partial charge in [-0.15, -0.1) is 0 Å². The Bertz CT molecular complexity index is 355. The predicted molar refractivity (Wildman–Crippen MR) is 43.7 cm³/mol. The Morgan fingerprint density at radius 1 is 1.40 bits per heavy atom. The van der Waals surface area contributed by atoms with Gasteiger partial charge < -0.3 is 0 Å². The van der Waals surface area contributed by atoms with Gasteiger partial charge in [-0.25, -0.2) is 0 Å². The molecule has 0 unspecified atom stereocenters. The van der Waals surface area contributed by atoms with Crippen LogP contribution in [0.3, 0.4) is 0 Å². The first kappa shape index (κ1) is 6.41. The zero-order valence-corrected chi connectivity index (χ0v) is 7.51. The predicted octanol–water partition coefficient (Wildman–Crippen LogP) is 1.95. The molecule has 0 aliphatic heterocycles. The van der Waals surface area contributed by atoms with Crippen LogP contribution >= 0.6 is 11.6 Å². The molecule has 3 heteroatoms. The summed E-state index contributed by atoms with van der Waals surface area (Å²) in [5.74, 6) is 0. The quantitative estimate of drug-likeness (QED) is 0.614. The van der Waals surface area contributed by atoms with Crippen molar-refractivity contribution in [2.24, 2.45) is 0 Å². The zero-order valence-electron chi connectivity index (χ0n) is 5.04. The molecule has 0 aliphatic carbocycles. The summed E-state index contributed by atoms with van der Waals surface area (Å²) in [5, 5.41) is 2.04. The Kier molecular flexibility index (Phi) is 1.53. The summed E-state index contributed by atoms with van der Waals surface area (Å²) in [6, 6.07) is 5.90. The Balaban J connectivity index is 2.86. The number of benzene rings is 1. The molecule has 0 aliphatic rings. The molecule has 0 spiro atoms. The first-order valence-electron chi connectivity index (χ1n) is 2.86. The molecule has 50 valence electrons. The number of halogens is 1. The average Bonchev–Trinajstić information content (AvgIpc) is 2.33. The van der Waals surface area contributed by atoms with Gasteiger partial charge in [0.1, 0.15) is 0 Å². The molecule has 0 fully saturated rings. The third-order valence-corrected chi connectivity index (χ3v) is 3.15. The van der Waals surface area contributed by atoms with Crippen molar-refractivity contribution >= 4 is 36.0 Å². The molecule has 0 atom stereocenters. The van der Waals surface area contributed by atoms with E-state index in [4.69, 9.17) is 11.6 Å². The molecular weight excluding hydrogens is 212 g/mol. The summed E-state index contributed by atoms with van der Waals surface area (Å²) < 4.78 is 5.46. The summed E-state index contributed by atoms with van der Waals surface area (Å²) in [6.07, 6.45) is 1.91. The Labute approximate surface area is 69.6 Å². The maximum absolute atomic E-state index is 5.78. The molecule has 1 heterocycles. The molecule has 2 aromatic rings. The number of hydrogen-bond donors (Lipinski definition) is 0. The Morgan fingerprint density at radius 2 is 2.30 bits per heavy atom. The number of aromatic nitrogens is 1. The first-order chi connectivity index (χ1) is 4.86. The van der Waals surface area contributed by atoms with Crippen molar-refractivity contribution in [3.8, 4) is 0 Å². The van der Waals surface area contributed by atoms with Crippen LogP contribution in [0.15, 0.2) is 24.4 Å². The standard InChI is InChI=1S/C7H4ClNSe/c8-6-2-1-5-4-9-10-7(5)3-6/h1-4H. The second-order valence-electron chi connectivity index (χ2n) is 2.01. The first-order valence-corrected chi connectivity index (χ1v) is 4.86. The maximum atomic E-state index is 5.78. The van der Waals surface area contributed by atoms with E-state index in [-0.39, 0.29) is 14.7 Å². The van der Waals surface area contributed by atoms with Crippen molar-refractivity contribution < 1.29 is 0 Å². The minimum absolute atomic E-state index is 0.278. The van der Waals surface area contributed by atoms with Gasteiger partial charge in [-0.05, 0) is 0 Å². The minimum atomic E-state index is 0.278. The average molecular weight is 217 g/mol. The van der Waals surface area contributed by atoms with Crippen molar-refractivity contribution in [2.45, 2.75) is 0 Å². The number of nitrogens with zero attached hydrogens (tertiary/aromatic N) is 1. The summed E-state index contributed by atoms with van der Waals surface area (Å²) in [4.78, 5) is 0. The number of hydrogen-bond acceptors (Lipinski definition) is 1. The van der Waals surface area contributed by atoms with Gasteiger partial charge in [-0.2, -0.15) is 0 Å². The van der Waals surface area contributed by atoms with E-state index in [1.54, 1.807) is 0 Å². The summed E-state index contributed by atoms with van der Waals surface area (Å²) in [5.41, 5.74) is 0. The van der Waals surface area contributed by atoms with Crippen molar-refractivity contribution in [2.75, 3.05) is 0 Å². The molecular formula is C7H4ClNSe. The Morgan fingerprint density at radius 3 is 3.20 bits per heavy atom. The van der Waals surface area contributed by atoms with Gasteiger partial charge in [-0.1, -0.05) is 0 Å². The molecule has 0 radical (unpaired) electrons. The van der Waals surface area contributed by atoms with E-state index in [2.05, 4.69) is 3.98 Å². The van der Waals surface area contributed by atoms with E-state index < -0.39 is 0 Å². The Hall–Kier alpha value is -0.301. The van der Waals surface area contributed by atoms with E-state index in [1.807, 2.05) is 24.4 Å². The van der Waals surface area contributed by atoms with Crippen LogP contribution in [0.5, 0.6) is 0 Å². The normalized spacial score (nSPS) is 10.5. The van der Waals surface area contributed by atoms with Gasteiger partial charge >= 0.3 is 69.4 Å². The van der Waals surface area contributed by atoms with E-state index in [9.17, 15) is 0 Å². The fourth-order valence-electron chi connectivity index (χ4n) is 0.834. The topological polar surface area (TPSA) is 12.9 Å². The summed E-state index contributed by atoms with van der Waals surface area (Å²) >= 11 is 6.06. The fourth-order valence-corrected chi connectivity index (χ4v) is 2.59. The van der Waals surface area contributed by atoms with Crippen molar-refractivity contribution in [1.29, 1.82) is 0 Å². The van der Waals surface area contributed by atoms with Gasteiger partial charge in [0.2, 0.25) is 0 Å². The van der Waals surface area contributed by atoms with Crippen LogP contribution in [0.2, 0.25) is 5.02 Å². The molecule has 10 heavy (non-hydrogen) atoms. The zero-order chi connectivity index (χ0) is 6.97. The van der Waals surface area contributed by atoms with Crippen LogP contribution in [0.4, 0.5) is 0 Å². The third-order valence-electron chi connectivity index (χ3n) is 1.32. The molecule has 0 bridgehead atoms. The summed E-state index contributed by atoms with van der Waals surface area (Å²) in [7, 11) is 0. The van der Waals surface area contributed by atoms with Gasteiger partial charge in [0.05, 0.1) is 0 Å². The molecule has 2 rings (SSSR count). The molecule has 0 N–H and O–H groups in total. The second-order valence-corrected chi connectivity index (χ2v) is 4.19. The van der Waals surface area contributed by atoms with Gasteiger partial charge in [0, 0.05) is 0 Å². The number of fused-ring (bicyclic) bond motifs is 1. The molecule has 1 nitrogen and oxygen atoms in total. The molecule has 0 amide bonds. The van der Waals surface area contributed by atoms with Crippen LogP contribution in [0.1, 0.15) is 0 Å². The third kappa shape index (κ3) is 0.988. The molecule has 0 saturated carbocycles. The van der Waals surface area contributed by atoms with Gasteiger partial charge in [0.25, 0.3) is 0 Å². The van der Waals surface area contributed by atoms with Crippen LogP contribution < -0.4 is 0 Å². The van der Waals surface area contributed by atoms with Crippen molar-refractivity contribution in [3.05, 3.63) is 29.4 Å². The van der Waals surface area contributed by atoms with Gasteiger partial charge in [-0.3, -0.25) is 0 Å². The fraction of sp³-hybridized carbons (Fsp3) is 0. The van der Waals surface area contributed by atoms with Crippen LogP contribution in [0.25, 0.3) is 9.65 Å². The second kappa shape index (κ2) is 2.39. The molecule has 0 saturated heterocycles. The monoisotopic (exact) mass is 217 g/mol. The van der Waals surface area contributed by atoms with E-state index in [0.717, 1.165) is 5.02 Å². The summed E-state index contributed by atoms with van der Waals surface area (Å²) in [6.45, 7) is 0. The van der Waals surface area contributed by atoms with E-state index in [1.165, 1.54) is 9.65 Å². The van der Waals surface area contributed by atoms with Crippen molar-refractivity contribution in [3.63, 3.8) is 0 Å². The van der Waals surface area contributed by atoms with Crippen LogP contribution in [0, 0.1) is 0 Å². The van der Waals surface area contributed by atoms with Crippen molar-refractivity contribution in [1.82, 2.24) is 3.98 Å². The van der Waals surface area contributed by atoms with E-state index in [0.29, 0.717) is 0 Å². The number of rotatable bonds is 0. The molecule has 1 aromatic heterocycles. The van der Waals surface area contributed by atoms with E-state index >= 15 is 0 Å². The van der Waals surface area contributed by atoms with Crippen LogP contribution in [-0.4, -0.2) is 18.7 Å². The molecule has 1 aromatic carbocycles. The van der Waals surface area contributed by atoms with Gasteiger partial charge in [0.15, 0.2) is 0 Å². The van der Waals surface area contributed by atoms with Crippen LogP contribution in [-0.2, 0) is 0 Å².